The minimum absolute atomic E-state index is 0.0375. The van der Waals surface area contributed by atoms with Crippen LogP contribution in [0.1, 0.15) is 40.7 Å². The van der Waals surface area contributed by atoms with Crippen LogP contribution in [0, 0.1) is 5.82 Å². The third-order valence-corrected chi connectivity index (χ3v) is 6.00. The first kappa shape index (κ1) is 22.9. The molecule has 33 heavy (non-hydrogen) atoms. The van der Waals surface area contributed by atoms with Gasteiger partial charge in [0.2, 0.25) is 0 Å². The third kappa shape index (κ3) is 4.90. The predicted molar refractivity (Wildman–Crippen MR) is 121 cm³/mol. The molecular formula is C26H26FNO5. The summed E-state index contributed by atoms with van der Waals surface area (Å²) in [5.74, 6) is -0.630. The van der Waals surface area contributed by atoms with Crippen LogP contribution in [0.5, 0.6) is 0 Å². The number of alkyl carbamates (subject to hydrolysis) is 1. The number of amides is 1. The van der Waals surface area contributed by atoms with Crippen LogP contribution < -0.4 is 5.32 Å². The molecule has 1 aliphatic carbocycles. The van der Waals surface area contributed by atoms with Crippen LogP contribution in [0.3, 0.4) is 0 Å². The number of benzene rings is 3. The van der Waals surface area contributed by atoms with Crippen LogP contribution in [-0.4, -0.2) is 40.7 Å². The Hall–Kier alpha value is -3.26. The Morgan fingerprint density at radius 3 is 2.27 bits per heavy atom. The maximum absolute atomic E-state index is 13.5. The number of hydrogen-bond acceptors (Lipinski definition) is 5. The minimum Gasteiger partial charge on any atom is -0.449 e. The molecule has 4 rings (SSSR count). The topological polar surface area (TPSA) is 99.0 Å². The molecule has 0 saturated heterocycles. The highest BCUT2D eigenvalue weighted by molar-refractivity contribution is 5.79. The van der Waals surface area contributed by atoms with Crippen molar-refractivity contribution in [1.82, 2.24) is 5.32 Å². The van der Waals surface area contributed by atoms with Crippen molar-refractivity contribution in [2.45, 2.75) is 31.2 Å². The van der Waals surface area contributed by atoms with Gasteiger partial charge in [0.15, 0.2) is 0 Å². The fourth-order valence-corrected chi connectivity index (χ4v) is 4.25. The van der Waals surface area contributed by atoms with Gasteiger partial charge in [0.1, 0.15) is 18.5 Å². The van der Waals surface area contributed by atoms with E-state index in [1.54, 1.807) is 0 Å². The molecule has 1 amide bonds. The monoisotopic (exact) mass is 451 g/mol. The summed E-state index contributed by atoms with van der Waals surface area (Å²) in [6.07, 6.45) is -3.00. The zero-order valence-corrected chi connectivity index (χ0v) is 17.9. The molecule has 7 heteroatoms. The smallest absolute Gasteiger partial charge is 0.407 e. The zero-order valence-electron chi connectivity index (χ0n) is 17.9. The van der Waals surface area contributed by atoms with Crippen molar-refractivity contribution in [1.29, 1.82) is 0 Å². The fraction of sp³-hybridized carbons (Fsp3) is 0.269. The average molecular weight is 451 g/mol. The maximum Gasteiger partial charge on any atom is 0.407 e. The van der Waals surface area contributed by atoms with Gasteiger partial charge in [-0.2, -0.15) is 0 Å². The van der Waals surface area contributed by atoms with Gasteiger partial charge in [0, 0.05) is 18.0 Å². The van der Waals surface area contributed by atoms with Gasteiger partial charge in [0.05, 0.1) is 12.7 Å². The summed E-state index contributed by atoms with van der Waals surface area (Å²) < 4.78 is 19.0. The van der Waals surface area contributed by atoms with Gasteiger partial charge in [0.25, 0.3) is 0 Å². The van der Waals surface area contributed by atoms with E-state index < -0.39 is 30.7 Å². The fourth-order valence-electron chi connectivity index (χ4n) is 4.25. The lowest BCUT2D eigenvalue weighted by molar-refractivity contribution is 0.0135. The highest BCUT2D eigenvalue weighted by Crippen LogP contribution is 2.44. The summed E-state index contributed by atoms with van der Waals surface area (Å²) >= 11 is 0. The van der Waals surface area contributed by atoms with E-state index in [9.17, 15) is 19.4 Å². The van der Waals surface area contributed by atoms with Crippen molar-refractivity contribution in [3.8, 4) is 11.1 Å². The molecule has 0 fully saturated rings. The third-order valence-electron chi connectivity index (χ3n) is 6.00. The summed E-state index contributed by atoms with van der Waals surface area (Å²) in [4.78, 5) is 12.2. The summed E-state index contributed by atoms with van der Waals surface area (Å²) in [6.45, 7) is -0.237. The van der Waals surface area contributed by atoms with E-state index in [4.69, 9.17) is 9.84 Å². The van der Waals surface area contributed by atoms with E-state index in [1.807, 2.05) is 36.4 Å². The summed E-state index contributed by atoms with van der Waals surface area (Å²) in [5.41, 5.74) is 4.84. The quantitative estimate of drug-likeness (QED) is 0.419. The first-order chi connectivity index (χ1) is 16.0. The number of nitrogens with one attached hydrogen (secondary N) is 1. The maximum atomic E-state index is 13.5. The van der Waals surface area contributed by atoms with E-state index in [-0.39, 0.29) is 36.6 Å². The Morgan fingerprint density at radius 1 is 1.00 bits per heavy atom. The van der Waals surface area contributed by atoms with Gasteiger partial charge in [-0.05, 0) is 46.4 Å². The van der Waals surface area contributed by atoms with E-state index >= 15 is 0 Å². The molecule has 0 spiro atoms. The van der Waals surface area contributed by atoms with E-state index in [0.29, 0.717) is 0 Å². The molecule has 0 radical (unpaired) electrons. The molecule has 172 valence electrons. The molecule has 0 aromatic heterocycles. The van der Waals surface area contributed by atoms with Crippen LogP contribution in [0.15, 0.2) is 66.7 Å². The molecule has 2 unspecified atom stereocenters. The van der Waals surface area contributed by atoms with Crippen molar-refractivity contribution in [3.63, 3.8) is 0 Å². The number of fused-ring (bicyclic) bond motifs is 3. The van der Waals surface area contributed by atoms with Gasteiger partial charge >= 0.3 is 6.09 Å². The normalized spacial score (nSPS) is 14.3. The van der Waals surface area contributed by atoms with Crippen molar-refractivity contribution in [3.05, 3.63) is 94.8 Å². The lowest BCUT2D eigenvalue weighted by Gasteiger charge is -2.19. The number of aliphatic hydroxyl groups excluding tert-OH is 3. The second-order valence-electron chi connectivity index (χ2n) is 8.06. The van der Waals surface area contributed by atoms with Crippen LogP contribution in [-0.2, 0) is 11.3 Å². The number of carbonyl (C=O) groups excluding carboxylic acids is 1. The van der Waals surface area contributed by atoms with E-state index in [1.165, 1.54) is 12.1 Å². The lowest BCUT2D eigenvalue weighted by atomic mass is 9.98. The Labute approximate surface area is 191 Å². The lowest BCUT2D eigenvalue weighted by Crippen LogP contribution is -2.30. The number of hydrogen-bond donors (Lipinski definition) is 4. The Morgan fingerprint density at radius 2 is 1.64 bits per heavy atom. The summed E-state index contributed by atoms with van der Waals surface area (Å²) in [5, 5.41) is 32.3. The first-order valence-electron chi connectivity index (χ1n) is 10.8. The molecule has 1 aliphatic rings. The van der Waals surface area contributed by atoms with Gasteiger partial charge < -0.3 is 25.4 Å². The number of ether oxygens (including phenoxy) is 1. The van der Waals surface area contributed by atoms with Crippen LogP contribution in [0.25, 0.3) is 11.1 Å². The average Bonchev–Trinajstić information content (AvgIpc) is 3.16. The van der Waals surface area contributed by atoms with E-state index in [0.717, 1.165) is 28.3 Å². The van der Waals surface area contributed by atoms with E-state index in [2.05, 4.69) is 17.4 Å². The number of aliphatic hydroxyl groups is 3. The molecule has 0 bridgehead atoms. The zero-order chi connectivity index (χ0) is 23.4. The largest absolute Gasteiger partial charge is 0.449 e. The second-order valence-corrected chi connectivity index (χ2v) is 8.06. The molecule has 6 nitrogen and oxygen atoms in total. The van der Waals surface area contributed by atoms with Crippen molar-refractivity contribution < 1.29 is 29.2 Å². The SMILES string of the molecule is O=C(NCCC(O)C(O)c1ccc(F)c(CO)c1)OCC1c2ccccc2-c2ccccc21. The summed E-state index contributed by atoms with van der Waals surface area (Å²) in [6, 6.07) is 19.9. The molecule has 3 aromatic carbocycles. The van der Waals surface area contributed by atoms with Crippen molar-refractivity contribution in [2.75, 3.05) is 13.2 Å². The van der Waals surface area contributed by atoms with Crippen LogP contribution in [0.4, 0.5) is 9.18 Å². The molecule has 0 heterocycles. The highest BCUT2D eigenvalue weighted by atomic mass is 19.1. The Kier molecular flexibility index (Phi) is 7.03. The minimum atomic E-state index is -1.28. The van der Waals surface area contributed by atoms with Gasteiger partial charge in [-0.3, -0.25) is 0 Å². The molecular weight excluding hydrogens is 425 g/mol. The molecule has 2 atom stereocenters. The predicted octanol–water partition coefficient (Wildman–Crippen LogP) is 3.64. The van der Waals surface area contributed by atoms with Crippen molar-refractivity contribution >= 4 is 6.09 Å². The first-order valence-corrected chi connectivity index (χ1v) is 10.8. The number of rotatable bonds is 8. The summed E-state index contributed by atoms with van der Waals surface area (Å²) in [7, 11) is 0. The Bertz CT molecular complexity index is 1090. The molecule has 3 aromatic rings. The van der Waals surface area contributed by atoms with Gasteiger partial charge in [-0.1, -0.05) is 54.6 Å². The van der Waals surface area contributed by atoms with Gasteiger partial charge in [-0.25, -0.2) is 9.18 Å². The number of carbonyl (C=O) groups is 1. The number of halogens is 1. The molecule has 0 saturated carbocycles. The van der Waals surface area contributed by atoms with Gasteiger partial charge in [-0.15, -0.1) is 0 Å². The van der Waals surface area contributed by atoms with Crippen LogP contribution in [0.2, 0.25) is 0 Å². The second kappa shape index (κ2) is 10.1. The van der Waals surface area contributed by atoms with Crippen molar-refractivity contribution in [2.24, 2.45) is 0 Å². The standard InChI is InChI=1S/C26H26FNO5/c27-23-10-9-16(13-17(23)14-29)25(31)24(30)11-12-28-26(32)33-15-22-20-7-3-1-5-18(20)19-6-2-4-8-21(19)22/h1-10,13,22,24-25,29-31H,11-12,14-15H2,(H,28,32). The highest BCUT2D eigenvalue weighted by Gasteiger charge is 2.29. The molecule has 4 N–H and O–H groups in total. The molecule has 0 aliphatic heterocycles. The Balaban J connectivity index is 1.28. The van der Waals surface area contributed by atoms with Crippen LogP contribution >= 0.6 is 0 Å².